The summed E-state index contributed by atoms with van der Waals surface area (Å²) in [5, 5.41) is 4.79. The summed E-state index contributed by atoms with van der Waals surface area (Å²) in [6.07, 6.45) is 10.2. The molecule has 1 aromatic heterocycles. The third-order valence-electron chi connectivity index (χ3n) is 7.93. The molecule has 1 aliphatic carbocycles. The van der Waals surface area contributed by atoms with E-state index in [0.29, 0.717) is 24.5 Å². The number of esters is 1. The molecule has 1 saturated heterocycles. The molecule has 4 aromatic rings. The second-order valence-corrected chi connectivity index (χ2v) is 11.6. The number of nitrogens with zero attached hydrogens (tertiary/aromatic N) is 2. The average Bonchev–Trinajstić information content (AvgIpc) is 3.82. The van der Waals surface area contributed by atoms with Gasteiger partial charge in [-0.1, -0.05) is 48.5 Å². The molecule has 3 aromatic carbocycles. The lowest BCUT2D eigenvalue weighted by molar-refractivity contribution is -0.137. The first-order valence-electron chi connectivity index (χ1n) is 14.7. The lowest BCUT2D eigenvalue weighted by Crippen LogP contribution is -2.19. The van der Waals surface area contributed by atoms with Crippen LogP contribution in [-0.2, 0) is 14.3 Å². The number of aromatic nitrogens is 2. The zero-order valence-corrected chi connectivity index (χ0v) is 24.8. The molecule has 1 atom stereocenters. The van der Waals surface area contributed by atoms with Gasteiger partial charge in [-0.25, -0.2) is 9.48 Å². The number of carbonyl (C=O) groups excluding carboxylic acids is 1. The van der Waals surface area contributed by atoms with Crippen LogP contribution in [0.2, 0.25) is 0 Å². The Morgan fingerprint density at radius 3 is 2.57 bits per heavy atom. The Kier molecular flexibility index (Phi) is 8.58. The highest BCUT2D eigenvalue weighted by atomic mass is 32.2. The number of fused-ring (bicyclic) bond motifs is 1. The summed E-state index contributed by atoms with van der Waals surface area (Å²) < 4.78 is 28.1. The van der Waals surface area contributed by atoms with Gasteiger partial charge in [0.2, 0.25) is 5.95 Å². The Bertz CT molecular complexity index is 1650. The van der Waals surface area contributed by atoms with Gasteiger partial charge >= 0.3 is 5.97 Å². The highest BCUT2D eigenvalue weighted by Crippen LogP contribution is 2.49. The number of halogens is 1. The van der Waals surface area contributed by atoms with E-state index >= 15 is 4.39 Å². The fourth-order valence-corrected chi connectivity index (χ4v) is 6.40. The van der Waals surface area contributed by atoms with Gasteiger partial charge in [-0.3, -0.25) is 0 Å². The van der Waals surface area contributed by atoms with Crippen LogP contribution in [0.15, 0.2) is 77.7 Å². The summed E-state index contributed by atoms with van der Waals surface area (Å²) in [5.41, 5.74) is 7.27. The Morgan fingerprint density at radius 1 is 1.07 bits per heavy atom. The molecule has 1 unspecified atom stereocenters. The van der Waals surface area contributed by atoms with Crippen LogP contribution in [0.1, 0.15) is 67.5 Å². The molecule has 2 fully saturated rings. The number of ether oxygens (including phenoxy) is 2. The smallest absolute Gasteiger partial charge is 0.330 e. The number of carbonyl (C=O) groups is 1. The Hall–Kier alpha value is -3.68. The van der Waals surface area contributed by atoms with E-state index in [2.05, 4.69) is 53.8 Å². The topological polar surface area (TPSA) is 53.3 Å². The molecule has 0 spiro atoms. The summed E-state index contributed by atoms with van der Waals surface area (Å²) in [7, 11) is 0. The molecule has 0 amide bonds. The monoisotopic (exact) mass is 582 g/mol. The Labute approximate surface area is 250 Å². The molecule has 2 aliphatic rings. The predicted octanol–water partition coefficient (Wildman–Crippen LogP) is 8.54. The van der Waals surface area contributed by atoms with Crippen LogP contribution in [0.4, 0.5) is 4.39 Å². The lowest BCUT2D eigenvalue weighted by Gasteiger charge is -2.23. The van der Waals surface area contributed by atoms with Crippen LogP contribution in [-0.4, -0.2) is 35.2 Å². The molecule has 2 heterocycles. The number of hydrogen-bond donors (Lipinski definition) is 0. The molecule has 7 heteroatoms. The molecule has 6 rings (SSSR count). The largest absolute Gasteiger partial charge is 0.463 e. The lowest BCUT2D eigenvalue weighted by atomic mass is 9.86. The van der Waals surface area contributed by atoms with Crippen molar-refractivity contribution >= 4 is 45.9 Å². The highest BCUT2D eigenvalue weighted by Gasteiger charge is 2.32. The highest BCUT2D eigenvalue weighted by molar-refractivity contribution is 7.98. The fraction of sp³-hybridized carbons (Fsp3) is 0.314. The number of thioether (sulfide) groups is 1. The quantitative estimate of drug-likeness (QED) is 0.0857. The van der Waals surface area contributed by atoms with Gasteiger partial charge in [-0.2, -0.15) is 4.39 Å². The maximum Gasteiger partial charge on any atom is 0.330 e. The van der Waals surface area contributed by atoms with Crippen molar-refractivity contribution in [2.24, 2.45) is 5.92 Å². The molecule has 0 N–H and O–H groups in total. The van der Waals surface area contributed by atoms with E-state index in [4.69, 9.17) is 9.47 Å². The van der Waals surface area contributed by atoms with Crippen LogP contribution in [0.25, 0.3) is 28.1 Å². The van der Waals surface area contributed by atoms with Crippen molar-refractivity contribution < 1.29 is 18.7 Å². The van der Waals surface area contributed by atoms with Crippen molar-refractivity contribution in [2.75, 3.05) is 19.5 Å². The summed E-state index contributed by atoms with van der Waals surface area (Å²) in [5.74, 6) is -0.408. The minimum Gasteiger partial charge on any atom is -0.463 e. The maximum atomic E-state index is 15.4. The van der Waals surface area contributed by atoms with E-state index in [1.165, 1.54) is 22.1 Å². The SMILES string of the molecule is CCOC(=O)C=Cc1ccc(C(=C(c2ccccc2SC)C2CC2)c2ccc3c(c2)c(F)nn3C2CCCCO2)cc1. The van der Waals surface area contributed by atoms with Gasteiger partial charge in [0.15, 0.2) is 6.23 Å². The van der Waals surface area contributed by atoms with Crippen LogP contribution in [0, 0.1) is 11.9 Å². The third-order valence-corrected chi connectivity index (χ3v) is 8.72. The minimum absolute atomic E-state index is 0.239. The van der Waals surface area contributed by atoms with Gasteiger partial charge in [-0.05, 0) is 109 Å². The molecular weight excluding hydrogens is 547 g/mol. The molecule has 216 valence electrons. The zero-order chi connectivity index (χ0) is 29.1. The summed E-state index contributed by atoms with van der Waals surface area (Å²) in [6.45, 7) is 2.80. The van der Waals surface area contributed by atoms with Gasteiger partial charge in [0.25, 0.3) is 0 Å². The van der Waals surface area contributed by atoms with Gasteiger partial charge in [0.1, 0.15) is 0 Å². The zero-order valence-electron chi connectivity index (χ0n) is 24.0. The van der Waals surface area contributed by atoms with E-state index in [-0.39, 0.29) is 12.2 Å². The van der Waals surface area contributed by atoms with Crippen molar-refractivity contribution in [1.82, 2.24) is 9.78 Å². The third kappa shape index (κ3) is 5.94. The first-order valence-corrected chi connectivity index (χ1v) is 15.9. The summed E-state index contributed by atoms with van der Waals surface area (Å²) >= 11 is 1.74. The Morgan fingerprint density at radius 2 is 1.86 bits per heavy atom. The van der Waals surface area contributed by atoms with Crippen LogP contribution >= 0.6 is 11.8 Å². The summed E-state index contributed by atoms with van der Waals surface area (Å²) in [6, 6.07) is 22.8. The normalized spacial score (nSPS) is 17.9. The summed E-state index contributed by atoms with van der Waals surface area (Å²) in [4.78, 5) is 13.1. The van der Waals surface area contributed by atoms with Crippen LogP contribution in [0.5, 0.6) is 0 Å². The molecule has 5 nitrogen and oxygen atoms in total. The van der Waals surface area contributed by atoms with E-state index < -0.39 is 5.95 Å². The van der Waals surface area contributed by atoms with Crippen molar-refractivity contribution in [3.05, 3.63) is 101 Å². The van der Waals surface area contributed by atoms with Crippen molar-refractivity contribution in [3.63, 3.8) is 0 Å². The maximum absolute atomic E-state index is 15.4. The number of hydrogen-bond acceptors (Lipinski definition) is 5. The van der Waals surface area contributed by atoms with Crippen molar-refractivity contribution in [1.29, 1.82) is 0 Å². The molecular formula is C35H35FN2O3S. The molecule has 0 bridgehead atoms. The minimum atomic E-state index is -0.475. The average molecular weight is 583 g/mol. The van der Waals surface area contributed by atoms with Gasteiger partial charge < -0.3 is 9.47 Å². The van der Waals surface area contributed by atoms with Crippen LogP contribution < -0.4 is 0 Å². The predicted molar refractivity (Wildman–Crippen MR) is 168 cm³/mol. The fourth-order valence-electron chi connectivity index (χ4n) is 5.79. The molecule has 42 heavy (non-hydrogen) atoms. The number of rotatable bonds is 9. The number of allylic oxidation sites excluding steroid dienone is 1. The first kappa shape index (κ1) is 28.4. The van der Waals surface area contributed by atoms with E-state index in [1.54, 1.807) is 29.4 Å². The molecule has 0 radical (unpaired) electrons. The van der Waals surface area contributed by atoms with Gasteiger partial charge in [0, 0.05) is 17.6 Å². The van der Waals surface area contributed by atoms with Gasteiger partial charge in [0.05, 0.1) is 17.5 Å². The second-order valence-electron chi connectivity index (χ2n) is 10.8. The number of benzene rings is 3. The standard InChI is InChI=1S/C35H35FN2O3S/c1-3-40-32(39)20-13-23-11-14-24(15-12-23)33(34(25-16-17-25)27-8-4-5-9-30(27)42-2)26-18-19-29-28(22-26)35(36)37-38(29)31-10-6-7-21-41-31/h4-5,8-9,11-15,18-20,22,25,31H,3,6-7,10,16-17,21H2,1-2H3. The van der Waals surface area contributed by atoms with Gasteiger partial charge in [-0.15, -0.1) is 16.9 Å². The second kappa shape index (κ2) is 12.7. The first-order chi connectivity index (χ1) is 20.6. The molecule has 1 saturated carbocycles. The Balaban J connectivity index is 1.50. The van der Waals surface area contributed by atoms with E-state index in [0.717, 1.165) is 59.9 Å². The van der Waals surface area contributed by atoms with Crippen molar-refractivity contribution in [3.8, 4) is 0 Å². The van der Waals surface area contributed by atoms with Crippen molar-refractivity contribution in [2.45, 2.75) is 50.2 Å². The van der Waals surface area contributed by atoms with E-state index in [9.17, 15) is 4.79 Å². The molecule has 1 aliphatic heterocycles. The van der Waals surface area contributed by atoms with Crippen LogP contribution in [0.3, 0.4) is 0 Å². The van der Waals surface area contributed by atoms with E-state index in [1.807, 2.05) is 24.3 Å².